The average molecular weight is 262 g/mol. The maximum absolute atomic E-state index is 5.73. The summed E-state index contributed by atoms with van der Waals surface area (Å²) in [7, 11) is 0. The lowest BCUT2D eigenvalue weighted by atomic mass is 10.0. The van der Waals surface area contributed by atoms with E-state index in [4.69, 9.17) is 18.0 Å². The minimum atomic E-state index is 0.401. The van der Waals surface area contributed by atoms with Crippen molar-refractivity contribution < 1.29 is 0 Å². The quantitative estimate of drug-likeness (QED) is 0.817. The minimum absolute atomic E-state index is 0.401. The molecule has 1 aromatic rings. The Hall–Kier alpha value is -1.09. The molecular weight excluding hydrogens is 240 g/mol. The molecule has 1 saturated carbocycles. The zero-order chi connectivity index (χ0) is 13.6. The molecule has 0 spiro atoms. The Kier molecular flexibility index (Phi) is 3.14. The molecule has 0 amide bonds. The van der Waals surface area contributed by atoms with Crippen LogP contribution in [0.4, 0.5) is 5.69 Å². The molecule has 2 nitrogen and oxygen atoms in total. The number of nitrogens with one attached hydrogen (secondary N) is 1. The van der Waals surface area contributed by atoms with Crippen molar-refractivity contribution in [2.45, 2.75) is 27.7 Å². The highest BCUT2D eigenvalue weighted by atomic mass is 32.1. The van der Waals surface area contributed by atoms with Crippen molar-refractivity contribution in [2.24, 2.45) is 22.5 Å². The number of nitrogens with two attached hydrogens (primary N) is 1. The monoisotopic (exact) mass is 262 g/mol. The van der Waals surface area contributed by atoms with Crippen LogP contribution < -0.4 is 11.1 Å². The van der Waals surface area contributed by atoms with E-state index in [2.05, 4.69) is 33.0 Å². The Bertz CT molecular complexity index is 463. The highest BCUT2D eigenvalue weighted by Gasteiger charge is 2.64. The van der Waals surface area contributed by atoms with Gasteiger partial charge in [-0.1, -0.05) is 52.0 Å². The van der Waals surface area contributed by atoms with E-state index in [1.807, 2.05) is 24.3 Å². The van der Waals surface area contributed by atoms with Gasteiger partial charge >= 0.3 is 0 Å². The zero-order valence-corrected chi connectivity index (χ0v) is 12.4. The van der Waals surface area contributed by atoms with Gasteiger partial charge in [0, 0.05) is 17.8 Å². The maximum Gasteiger partial charge on any atom is 0.106 e. The van der Waals surface area contributed by atoms with E-state index in [-0.39, 0.29) is 0 Å². The highest BCUT2D eigenvalue weighted by molar-refractivity contribution is 7.80. The summed E-state index contributed by atoms with van der Waals surface area (Å²) in [6, 6.07) is 7.97. The number of benzene rings is 1. The first-order valence-corrected chi connectivity index (χ1v) is 6.82. The van der Waals surface area contributed by atoms with Crippen LogP contribution in [-0.2, 0) is 0 Å². The van der Waals surface area contributed by atoms with Gasteiger partial charge in [0.2, 0.25) is 0 Å². The van der Waals surface area contributed by atoms with Crippen LogP contribution in [0.1, 0.15) is 33.3 Å². The van der Waals surface area contributed by atoms with E-state index in [9.17, 15) is 0 Å². The number of hydrogen-bond acceptors (Lipinski definition) is 2. The molecule has 0 radical (unpaired) electrons. The van der Waals surface area contributed by atoms with Crippen molar-refractivity contribution >= 4 is 22.9 Å². The van der Waals surface area contributed by atoms with Gasteiger partial charge in [-0.2, -0.15) is 0 Å². The smallest absolute Gasteiger partial charge is 0.106 e. The molecule has 0 heterocycles. The lowest BCUT2D eigenvalue weighted by Gasteiger charge is -2.11. The van der Waals surface area contributed by atoms with Crippen LogP contribution in [0.25, 0.3) is 0 Å². The van der Waals surface area contributed by atoms with Gasteiger partial charge in [0.25, 0.3) is 0 Å². The van der Waals surface area contributed by atoms with Gasteiger partial charge in [0.1, 0.15) is 4.99 Å². The Morgan fingerprint density at radius 3 is 2.28 bits per heavy atom. The molecule has 1 fully saturated rings. The normalized spacial score (nSPS) is 20.4. The van der Waals surface area contributed by atoms with E-state index < -0.39 is 0 Å². The predicted octanol–water partition coefficient (Wildman–Crippen LogP) is 3.41. The second-order valence-electron chi connectivity index (χ2n) is 6.29. The fourth-order valence-corrected chi connectivity index (χ4v) is 3.09. The molecule has 0 atom stereocenters. The van der Waals surface area contributed by atoms with Crippen LogP contribution >= 0.6 is 12.2 Å². The number of para-hydroxylation sites is 1. The molecule has 0 aliphatic heterocycles. The molecule has 3 N–H and O–H groups in total. The SMILES string of the molecule is CC1(C)C(CNc2ccccc2C(N)=S)C1(C)C. The number of anilines is 1. The van der Waals surface area contributed by atoms with Crippen molar-refractivity contribution in [1.82, 2.24) is 0 Å². The molecule has 1 aromatic carbocycles. The summed E-state index contributed by atoms with van der Waals surface area (Å²) in [6.45, 7) is 10.3. The van der Waals surface area contributed by atoms with Crippen LogP contribution in [0.5, 0.6) is 0 Å². The van der Waals surface area contributed by atoms with Crippen molar-refractivity contribution in [3.05, 3.63) is 29.8 Å². The summed E-state index contributed by atoms with van der Waals surface area (Å²) in [6.07, 6.45) is 0. The maximum atomic E-state index is 5.73. The van der Waals surface area contributed by atoms with Gasteiger partial charge in [0.05, 0.1) is 0 Å². The summed E-state index contributed by atoms with van der Waals surface area (Å²) >= 11 is 5.07. The van der Waals surface area contributed by atoms with E-state index in [1.165, 1.54) is 0 Å². The van der Waals surface area contributed by atoms with E-state index >= 15 is 0 Å². The Labute approximate surface area is 115 Å². The third-order valence-electron chi connectivity index (χ3n) is 5.01. The number of hydrogen-bond donors (Lipinski definition) is 2. The molecular formula is C15H22N2S. The highest BCUT2D eigenvalue weighted by Crippen LogP contribution is 2.68. The van der Waals surface area contributed by atoms with Gasteiger partial charge in [-0.3, -0.25) is 0 Å². The zero-order valence-electron chi connectivity index (χ0n) is 11.6. The van der Waals surface area contributed by atoms with Crippen molar-refractivity contribution in [1.29, 1.82) is 0 Å². The Morgan fingerprint density at radius 1 is 1.22 bits per heavy atom. The molecule has 3 heteroatoms. The fourth-order valence-electron chi connectivity index (χ4n) is 2.91. The predicted molar refractivity (Wildman–Crippen MR) is 81.9 cm³/mol. The minimum Gasteiger partial charge on any atom is -0.389 e. The van der Waals surface area contributed by atoms with Crippen LogP contribution in [-0.4, -0.2) is 11.5 Å². The molecule has 2 rings (SSSR count). The second kappa shape index (κ2) is 4.23. The van der Waals surface area contributed by atoms with Crippen LogP contribution in [0, 0.1) is 16.7 Å². The first-order valence-electron chi connectivity index (χ1n) is 6.41. The van der Waals surface area contributed by atoms with Crippen molar-refractivity contribution in [2.75, 3.05) is 11.9 Å². The first kappa shape index (κ1) is 13.3. The summed E-state index contributed by atoms with van der Waals surface area (Å²) < 4.78 is 0. The average Bonchev–Trinajstić information content (AvgIpc) is 2.67. The molecule has 0 saturated heterocycles. The first-order chi connectivity index (χ1) is 8.28. The third kappa shape index (κ3) is 2.01. The molecule has 0 aromatic heterocycles. The molecule has 1 aliphatic rings. The van der Waals surface area contributed by atoms with Gasteiger partial charge in [0.15, 0.2) is 0 Å². The lowest BCUT2D eigenvalue weighted by Crippen LogP contribution is -2.15. The van der Waals surface area contributed by atoms with Gasteiger partial charge in [-0.05, 0) is 28.9 Å². The van der Waals surface area contributed by atoms with E-state index in [0.717, 1.165) is 17.8 Å². The third-order valence-corrected chi connectivity index (χ3v) is 5.23. The van der Waals surface area contributed by atoms with Gasteiger partial charge in [-0.25, -0.2) is 0 Å². The fraction of sp³-hybridized carbons (Fsp3) is 0.533. The van der Waals surface area contributed by atoms with Crippen molar-refractivity contribution in [3.8, 4) is 0 Å². The summed E-state index contributed by atoms with van der Waals surface area (Å²) in [5.74, 6) is 0.685. The van der Waals surface area contributed by atoms with Crippen molar-refractivity contribution in [3.63, 3.8) is 0 Å². The van der Waals surface area contributed by atoms with Crippen LogP contribution in [0.15, 0.2) is 24.3 Å². The summed E-state index contributed by atoms with van der Waals surface area (Å²) in [5.41, 5.74) is 8.52. The summed E-state index contributed by atoms with van der Waals surface area (Å²) in [4.78, 5) is 0.451. The lowest BCUT2D eigenvalue weighted by molar-refractivity contribution is 0.457. The van der Waals surface area contributed by atoms with Gasteiger partial charge < -0.3 is 11.1 Å². The largest absolute Gasteiger partial charge is 0.389 e. The molecule has 0 unspecified atom stereocenters. The number of rotatable bonds is 4. The molecule has 1 aliphatic carbocycles. The van der Waals surface area contributed by atoms with Crippen LogP contribution in [0.2, 0.25) is 0 Å². The Morgan fingerprint density at radius 2 is 1.78 bits per heavy atom. The molecule has 18 heavy (non-hydrogen) atoms. The van der Waals surface area contributed by atoms with Gasteiger partial charge in [-0.15, -0.1) is 0 Å². The molecule has 98 valence electrons. The Balaban J connectivity index is 2.07. The summed E-state index contributed by atoms with van der Waals surface area (Å²) in [5, 5.41) is 3.50. The van der Waals surface area contributed by atoms with Crippen LogP contribution in [0.3, 0.4) is 0 Å². The standard InChI is InChI=1S/C15H22N2S/c1-14(2)12(15(14,3)4)9-17-11-8-6-5-7-10(11)13(16)18/h5-8,12,17H,9H2,1-4H3,(H2,16,18). The number of thiocarbonyl (C=S) groups is 1. The van der Waals surface area contributed by atoms with E-state index in [0.29, 0.717) is 21.7 Å². The topological polar surface area (TPSA) is 38.0 Å². The second-order valence-corrected chi connectivity index (χ2v) is 6.73. The molecule has 0 bridgehead atoms. The van der Waals surface area contributed by atoms with E-state index in [1.54, 1.807) is 0 Å².